The number of carbonyl (C=O) groups is 2. The van der Waals surface area contributed by atoms with Gasteiger partial charge in [0.1, 0.15) is 0 Å². The van der Waals surface area contributed by atoms with Gasteiger partial charge in [-0.1, -0.05) is 30.3 Å². The van der Waals surface area contributed by atoms with Gasteiger partial charge in [0.15, 0.2) is 0 Å². The van der Waals surface area contributed by atoms with Crippen LogP contribution in [0.15, 0.2) is 30.3 Å². The maximum Gasteiger partial charge on any atom is 0.222 e. The molecule has 0 saturated heterocycles. The molecule has 5 nitrogen and oxygen atoms in total. The predicted octanol–water partition coefficient (Wildman–Crippen LogP) is 1.40. The first-order valence-electron chi connectivity index (χ1n) is 6.79. The van der Waals surface area contributed by atoms with E-state index in [-0.39, 0.29) is 42.7 Å². The molecule has 1 aromatic rings. The minimum absolute atomic E-state index is 0. The van der Waals surface area contributed by atoms with Gasteiger partial charge < -0.3 is 16.0 Å². The summed E-state index contributed by atoms with van der Waals surface area (Å²) >= 11 is 0. The van der Waals surface area contributed by atoms with Crippen molar-refractivity contribution in [1.29, 1.82) is 0 Å². The molecule has 2 unspecified atom stereocenters. The Kier molecular flexibility index (Phi) is 9.41. The maximum absolute atomic E-state index is 11.9. The molecular weight excluding hydrogens is 290 g/mol. The van der Waals surface area contributed by atoms with E-state index >= 15 is 0 Å². The van der Waals surface area contributed by atoms with Crippen LogP contribution in [0.3, 0.4) is 0 Å². The number of halogens is 1. The monoisotopic (exact) mass is 313 g/mol. The number of likely N-dealkylation sites (N-methyl/N-ethyl adjacent to an activating group) is 1. The molecule has 0 aromatic heterocycles. The Morgan fingerprint density at radius 3 is 2.33 bits per heavy atom. The quantitative estimate of drug-likeness (QED) is 0.712. The highest BCUT2D eigenvalue weighted by atomic mass is 35.5. The second-order valence-electron chi connectivity index (χ2n) is 4.86. The molecule has 1 rings (SSSR count). The summed E-state index contributed by atoms with van der Waals surface area (Å²) in [5.74, 6) is -0.218. The van der Waals surface area contributed by atoms with Gasteiger partial charge in [0.2, 0.25) is 11.8 Å². The zero-order valence-corrected chi connectivity index (χ0v) is 13.5. The van der Waals surface area contributed by atoms with Crippen LogP contribution in [0.5, 0.6) is 0 Å². The van der Waals surface area contributed by atoms with Crippen molar-refractivity contribution >= 4 is 24.2 Å². The van der Waals surface area contributed by atoms with Crippen LogP contribution in [0, 0.1) is 0 Å². The van der Waals surface area contributed by atoms with Gasteiger partial charge in [-0.15, -0.1) is 12.4 Å². The molecule has 0 aliphatic heterocycles. The van der Waals surface area contributed by atoms with Crippen molar-refractivity contribution in [2.45, 2.75) is 32.4 Å². The molecule has 0 radical (unpaired) electrons. The average molecular weight is 314 g/mol. The molecule has 0 saturated carbocycles. The second-order valence-corrected chi connectivity index (χ2v) is 4.86. The Balaban J connectivity index is 0.00000400. The van der Waals surface area contributed by atoms with Gasteiger partial charge in [0.25, 0.3) is 0 Å². The molecule has 0 spiro atoms. The lowest BCUT2D eigenvalue weighted by molar-refractivity contribution is -0.122. The average Bonchev–Trinajstić information content (AvgIpc) is 2.44. The summed E-state index contributed by atoms with van der Waals surface area (Å²) in [4.78, 5) is 23.2. The standard InChI is InChI=1S/C15H23N3O2.ClH/c1-11(16-3)10-17-15(20)9-14(18-12(2)19)13-7-5-4-6-8-13;/h4-8,11,14,16H,9-10H2,1-3H3,(H,17,20)(H,18,19);1H. The number of amides is 2. The Hall–Kier alpha value is -1.59. The third-order valence-corrected chi connectivity index (χ3v) is 3.07. The highest BCUT2D eigenvalue weighted by Crippen LogP contribution is 2.16. The van der Waals surface area contributed by atoms with Gasteiger partial charge in [0.05, 0.1) is 12.5 Å². The molecule has 2 amide bonds. The molecule has 6 heteroatoms. The van der Waals surface area contributed by atoms with Gasteiger partial charge in [-0.3, -0.25) is 9.59 Å². The van der Waals surface area contributed by atoms with E-state index in [1.807, 2.05) is 44.3 Å². The van der Waals surface area contributed by atoms with E-state index in [0.717, 1.165) is 5.56 Å². The highest BCUT2D eigenvalue weighted by Gasteiger charge is 2.16. The first-order chi connectivity index (χ1) is 9.52. The van der Waals surface area contributed by atoms with Crippen LogP contribution in [0.4, 0.5) is 0 Å². The van der Waals surface area contributed by atoms with E-state index in [1.165, 1.54) is 6.92 Å². The highest BCUT2D eigenvalue weighted by molar-refractivity contribution is 5.85. The fourth-order valence-electron chi connectivity index (χ4n) is 1.81. The van der Waals surface area contributed by atoms with E-state index < -0.39 is 0 Å². The Morgan fingerprint density at radius 1 is 1.19 bits per heavy atom. The third kappa shape index (κ3) is 7.68. The van der Waals surface area contributed by atoms with Crippen molar-refractivity contribution in [3.63, 3.8) is 0 Å². The number of hydrogen-bond acceptors (Lipinski definition) is 3. The van der Waals surface area contributed by atoms with Crippen LogP contribution in [0.1, 0.15) is 31.9 Å². The maximum atomic E-state index is 11.9. The SMILES string of the molecule is CNC(C)CNC(=O)CC(NC(C)=O)c1ccccc1.Cl. The summed E-state index contributed by atoms with van der Waals surface area (Å²) in [5.41, 5.74) is 0.930. The first kappa shape index (κ1) is 19.4. The minimum Gasteiger partial charge on any atom is -0.354 e. The molecule has 0 fully saturated rings. The summed E-state index contributed by atoms with van der Waals surface area (Å²) in [6, 6.07) is 9.43. The zero-order valence-electron chi connectivity index (χ0n) is 12.7. The zero-order chi connectivity index (χ0) is 15.0. The van der Waals surface area contributed by atoms with E-state index in [1.54, 1.807) is 0 Å². The van der Waals surface area contributed by atoms with Crippen molar-refractivity contribution in [3.05, 3.63) is 35.9 Å². The molecule has 0 heterocycles. The number of rotatable bonds is 7. The van der Waals surface area contributed by atoms with Crippen molar-refractivity contribution in [3.8, 4) is 0 Å². The molecule has 0 aliphatic carbocycles. The molecule has 1 aromatic carbocycles. The fraction of sp³-hybridized carbons (Fsp3) is 0.467. The number of hydrogen-bond donors (Lipinski definition) is 3. The van der Waals surface area contributed by atoms with Crippen LogP contribution in [0.2, 0.25) is 0 Å². The fourth-order valence-corrected chi connectivity index (χ4v) is 1.81. The molecule has 21 heavy (non-hydrogen) atoms. The van der Waals surface area contributed by atoms with E-state index in [0.29, 0.717) is 6.54 Å². The molecule has 3 N–H and O–H groups in total. The van der Waals surface area contributed by atoms with Gasteiger partial charge >= 0.3 is 0 Å². The summed E-state index contributed by atoms with van der Waals surface area (Å²) in [6.45, 7) is 4.01. The number of benzene rings is 1. The second kappa shape index (κ2) is 10.2. The Bertz CT molecular complexity index is 440. The summed E-state index contributed by atoms with van der Waals surface area (Å²) in [5, 5.41) is 8.72. The smallest absolute Gasteiger partial charge is 0.222 e. The van der Waals surface area contributed by atoms with Crippen molar-refractivity contribution in [1.82, 2.24) is 16.0 Å². The van der Waals surface area contributed by atoms with Gasteiger partial charge in [-0.25, -0.2) is 0 Å². The Labute approximate surface area is 132 Å². The number of carbonyl (C=O) groups excluding carboxylic acids is 2. The lowest BCUT2D eigenvalue weighted by Gasteiger charge is -2.19. The van der Waals surface area contributed by atoms with Crippen LogP contribution < -0.4 is 16.0 Å². The summed E-state index contributed by atoms with van der Waals surface area (Å²) in [7, 11) is 1.85. The van der Waals surface area contributed by atoms with Gasteiger partial charge in [-0.2, -0.15) is 0 Å². The minimum atomic E-state index is -0.293. The molecule has 118 valence electrons. The van der Waals surface area contributed by atoms with Crippen LogP contribution in [0.25, 0.3) is 0 Å². The normalized spacial score (nSPS) is 12.7. The molecule has 0 aliphatic rings. The van der Waals surface area contributed by atoms with Gasteiger partial charge in [0, 0.05) is 19.5 Å². The summed E-state index contributed by atoms with van der Waals surface area (Å²) in [6.07, 6.45) is 0.236. The lowest BCUT2D eigenvalue weighted by atomic mass is 10.0. The summed E-state index contributed by atoms with van der Waals surface area (Å²) < 4.78 is 0. The largest absolute Gasteiger partial charge is 0.354 e. The van der Waals surface area contributed by atoms with Crippen molar-refractivity contribution in [2.24, 2.45) is 0 Å². The van der Waals surface area contributed by atoms with E-state index in [4.69, 9.17) is 0 Å². The molecular formula is C15H24ClN3O2. The predicted molar refractivity (Wildman–Crippen MR) is 86.4 cm³/mol. The third-order valence-electron chi connectivity index (χ3n) is 3.07. The van der Waals surface area contributed by atoms with Crippen molar-refractivity contribution in [2.75, 3.05) is 13.6 Å². The van der Waals surface area contributed by atoms with Gasteiger partial charge in [-0.05, 0) is 19.5 Å². The Morgan fingerprint density at radius 2 is 1.81 bits per heavy atom. The topological polar surface area (TPSA) is 70.2 Å². The van der Waals surface area contributed by atoms with Crippen LogP contribution in [-0.4, -0.2) is 31.4 Å². The van der Waals surface area contributed by atoms with Crippen molar-refractivity contribution < 1.29 is 9.59 Å². The molecule has 0 bridgehead atoms. The molecule has 2 atom stereocenters. The van der Waals surface area contributed by atoms with E-state index in [9.17, 15) is 9.59 Å². The van der Waals surface area contributed by atoms with Crippen LogP contribution >= 0.6 is 12.4 Å². The first-order valence-corrected chi connectivity index (χ1v) is 6.79. The van der Waals surface area contributed by atoms with E-state index in [2.05, 4.69) is 16.0 Å². The number of nitrogens with one attached hydrogen (secondary N) is 3. The lowest BCUT2D eigenvalue weighted by Crippen LogP contribution is -2.39. The van der Waals surface area contributed by atoms with Crippen LogP contribution in [-0.2, 0) is 9.59 Å².